The van der Waals surface area contributed by atoms with Gasteiger partial charge in [-0.05, 0) is 42.3 Å². The van der Waals surface area contributed by atoms with E-state index in [2.05, 4.69) is 6.07 Å². The van der Waals surface area contributed by atoms with Gasteiger partial charge in [0.1, 0.15) is 6.04 Å². The van der Waals surface area contributed by atoms with Crippen LogP contribution in [0.15, 0.2) is 78.9 Å². The number of carbonyl (C=O) groups is 2. The van der Waals surface area contributed by atoms with Gasteiger partial charge in [0, 0.05) is 22.2 Å². The predicted octanol–water partition coefficient (Wildman–Crippen LogP) is 5.49. The molecule has 1 fully saturated rings. The molecular weight excluding hydrogens is 448 g/mol. The summed E-state index contributed by atoms with van der Waals surface area (Å²) in [5.74, 6) is -2.42. The lowest BCUT2D eigenvalue weighted by Crippen LogP contribution is -2.46. The largest absolute Gasteiger partial charge is 0.480 e. The van der Waals surface area contributed by atoms with E-state index in [1.165, 1.54) is 0 Å². The van der Waals surface area contributed by atoms with E-state index in [-0.39, 0.29) is 5.78 Å². The van der Waals surface area contributed by atoms with Crippen molar-refractivity contribution >= 4 is 35.1 Å². The van der Waals surface area contributed by atoms with Crippen LogP contribution in [0, 0.1) is 23.7 Å². The van der Waals surface area contributed by atoms with Crippen molar-refractivity contribution in [2.24, 2.45) is 5.41 Å². The van der Waals surface area contributed by atoms with Crippen LogP contribution in [-0.4, -0.2) is 28.9 Å². The molecule has 3 aromatic rings. The summed E-state index contributed by atoms with van der Waals surface area (Å²) in [6.45, 7) is 1.98. The number of anilines is 1. The summed E-state index contributed by atoms with van der Waals surface area (Å²) in [5.41, 5.74) is 1.83. The number of rotatable bonds is 4. The molecule has 2 aliphatic heterocycles. The number of aliphatic carboxylic acids is 1. The van der Waals surface area contributed by atoms with E-state index in [4.69, 9.17) is 11.6 Å². The molecule has 5 rings (SSSR count). The van der Waals surface area contributed by atoms with Crippen molar-refractivity contribution in [3.8, 4) is 6.07 Å². The van der Waals surface area contributed by atoms with E-state index in [9.17, 15) is 20.0 Å². The summed E-state index contributed by atoms with van der Waals surface area (Å²) in [5, 5.41) is 21.5. The quantitative estimate of drug-likeness (QED) is 0.512. The summed E-state index contributed by atoms with van der Waals surface area (Å²) < 4.78 is 0. The van der Waals surface area contributed by atoms with E-state index in [1.807, 2.05) is 42.2 Å². The van der Waals surface area contributed by atoms with Gasteiger partial charge in [-0.15, -0.1) is 0 Å². The Hall–Kier alpha value is -3.88. The van der Waals surface area contributed by atoms with Crippen LogP contribution in [0.3, 0.4) is 0 Å². The van der Waals surface area contributed by atoms with Gasteiger partial charge in [0.05, 0.1) is 12.1 Å². The molecule has 34 heavy (non-hydrogen) atoms. The monoisotopic (exact) mass is 468 g/mol. The first-order valence-electron chi connectivity index (χ1n) is 10.9. The Bertz CT molecular complexity index is 1360. The van der Waals surface area contributed by atoms with E-state index >= 15 is 0 Å². The molecule has 4 unspecified atom stereocenters. The maximum atomic E-state index is 14.1. The Kier molecular flexibility index (Phi) is 5.27. The maximum absolute atomic E-state index is 14.1. The number of nitriles is 1. The number of hydrogen-bond acceptors (Lipinski definition) is 4. The molecule has 2 aliphatic rings. The summed E-state index contributed by atoms with van der Waals surface area (Å²) in [6, 6.07) is 21.8. The van der Waals surface area contributed by atoms with Crippen molar-refractivity contribution in [1.82, 2.24) is 0 Å². The third kappa shape index (κ3) is 3.14. The smallest absolute Gasteiger partial charge is 0.327 e. The van der Waals surface area contributed by atoms with E-state index in [0.29, 0.717) is 16.1 Å². The van der Waals surface area contributed by atoms with Crippen molar-refractivity contribution in [1.29, 1.82) is 5.26 Å². The van der Waals surface area contributed by atoms with Gasteiger partial charge in [0.15, 0.2) is 11.2 Å². The van der Waals surface area contributed by atoms with Crippen LogP contribution in [0.5, 0.6) is 0 Å². The van der Waals surface area contributed by atoms with Crippen LogP contribution < -0.4 is 4.90 Å². The number of aryl methyl sites for hydroxylation is 1. The molecule has 0 aliphatic carbocycles. The zero-order valence-electron chi connectivity index (χ0n) is 18.4. The standard InChI is InChI=1S/C28H21ClN2O3/c1-17-7-13-22-20(15-17)10-14-23-28(16-30,27(33)34)24(18-8-11-21(29)12-9-18)25(31(22)23)26(32)19-5-3-2-4-6-19/h2-15,23-25H,1H3,(H,33,34). The molecule has 0 amide bonds. The lowest BCUT2D eigenvalue weighted by Gasteiger charge is -2.36. The van der Waals surface area contributed by atoms with Gasteiger partial charge in [-0.25, -0.2) is 0 Å². The highest BCUT2D eigenvalue weighted by Gasteiger charge is 2.66. The molecule has 0 aromatic heterocycles. The molecule has 0 bridgehead atoms. The number of ketones is 1. The summed E-state index contributed by atoms with van der Waals surface area (Å²) >= 11 is 6.11. The minimum Gasteiger partial charge on any atom is -0.480 e. The molecule has 0 spiro atoms. The molecule has 168 valence electrons. The summed E-state index contributed by atoms with van der Waals surface area (Å²) in [4.78, 5) is 28.8. The molecule has 2 heterocycles. The van der Waals surface area contributed by atoms with Gasteiger partial charge in [0.25, 0.3) is 0 Å². The number of benzene rings is 3. The van der Waals surface area contributed by atoms with Crippen molar-refractivity contribution in [2.75, 3.05) is 4.90 Å². The Balaban J connectivity index is 1.81. The van der Waals surface area contributed by atoms with E-state index in [1.54, 1.807) is 54.6 Å². The SMILES string of the molecule is Cc1ccc2c(c1)C=CC1N2C(C(=O)c2ccccc2)C(c2ccc(Cl)cc2)C1(C#N)C(=O)O. The number of hydrogen-bond donors (Lipinski definition) is 1. The van der Waals surface area contributed by atoms with E-state index in [0.717, 1.165) is 16.8 Å². The Labute approximate surface area is 202 Å². The van der Waals surface area contributed by atoms with Gasteiger partial charge in [0.2, 0.25) is 0 Å². The fourth-order valence-electron chi connectivity index (χ4n) is 5.38. The molecule has 6 heteroatoms. The molecule has 3 aromatic carbocycles. The first kappa shape index (κ1) is 21.9. The normalized spacial score (nSPS) is 24.7. The Morgan fingerprint density at radius 2 is 1.76 bits per heavy atom. The number of Topliss-reactive ketones (excluding diaryl/α,β-unsaturated/α-hetero) is 1. The second-order valence-corrected chi connectivity index (χ2v) is 9.20. The fourth-order valence-corrected chi connectivity index (χ4v) is 5.50. The van der Waals surface area contributed by atoms with E-state index < -0.39 is 29.4 Å². The van der Waals surface area contributed by atoms with Gasteiger partial charge in [-0.3, -0.25) is 9.59 Å². The lowest BCUT2D eigenvalue weighted by molar-refractivity contribution is -0.146. The summed E-state index contributed by atoms with van der Waals surface area (Å²) in [6.07, 6.45) is 3.60. The lowest BCUT2D eigenvalue weighted by atomic mass is 9.68. The average molecular weight is 469 g/mol. The van der Waals surface area contributed by atoms with Gasteiger partial charge in [-0.2, -0.15) is 5.26 Å². The first-order valence-corrected chi connectivity index (χ1v) is 11.3. The molecule has 5 nitrogen and oxygen atoms in total. The highest BCUT2D eigenvalue weighted by atomic mass is 35.5. The maximum Gasteiger partial charge on any atom is 0.327 e. The number of halogens is 1. The zero-order chi connectivity index (χ0) is 24.0. The second kappa shape index (κ2) is 8.16. The highest BCUT2D eigenvalue weighted by Crippen LogP contribution is 2.56. The van der Waals surface area contributed by atoms with Crippen molar-refractivity contribution in [2.45, 2.75) is 24.9 Å². The van der Waals surface area contributed by atoms with Crippen LogP contribution >= 0.6 is 11.6 Å². The third-order valence-corrected chi connectivity index (χ3v) is 7.14. The van der Waals surface area contributed by atoms with Crippen LogP contribution in [0.4, 0.5) is 5.69 Å². The second-order valence-electron chi connectivity index (χ2n) is 8.76. The van der Waals surface area contributed by atoms with Gasteiger partial charge >= 0.3 is 5.97 Å². The fraction of sp³-hybridized carbons (Fsp3) is 0.179. The molecule has 4 atom stereocenters. The number of fused-ring (bicyclic) bond motifs is 3. The third-order valence-electron chi connectivity index (χ3n) is 6.89. The van der Waals surface area contributed by atoms with Crippen molar-refractivity contribution in [3.63, 3.8) is 0 Å². The van der Waals surface area contributed by atoms with Crippen LogP contribution in [0.2, 0.25) is 5.02 Å². The number of nitrogens with zero attached hydrogens (tertiary/aromatic N) is 2. The van der Waals surface area contributed by atoms with Crippen LogP contribution in [-0.2, 0) is 4.79 Å². The van der Waals surface area contributed by atoms with Gasteiger partial charge < -0.3 is 10.0 Å². The number of carbonyl (C=O) groups excluding carboxylic acids is 1. The Morgan fingerprint density at radius 3 is 2.41 bits per heavy atom. The molecule has 0 radical (unpaired) electrons. The van der Waals surface area contributed by atoms with Crippen LogP contribution in [0.25, 0.3) is 6.08 Å². The molecule has 0 saturated carbocycles. The zero-order valence-corrected chi connectivity index (χ0v) is 19.1. The topological polar surface area (TPSA) is 81.4 Å². The first-order chi connectivity index (χ1) is 16.4. The van der Waals surface area contributed by atoms with Gasteiger partial charge in [-0.1, -0.05) is 77.8 Å². The average Bonchev–Trinajstić information content (AvgIpc) is 3.16. The number of carboxylic acids is 1. The molecule has 1 N–H and O–H groups in total. The van der Waals surface area contributed by atoms with Crippen molar-refractivity contribution in [3.05, 3.63) is 106 Å². The summed E-state index contributed by atoms with van der Waals surface area (Å²) in [7, 11) is 0. The molecular formula is C28H21ClN2O3. The number of carboxylic acid groups (broad SMARTS) is 1. The Morgan fingerprint density at radius 1 is 1.06 bits per heavy atom. The predicted molar refractivity (Wildman–Crippen MR) is 131 cm³/mol. The highest BCUT2D eigenvalue weighted by molar-refractivity contribution is 6.30. The van der Waals surface area contributed by atoms with Crippen LogP contribution in [0.1, 0.15) is 33.0 Å². The molecule has 1 saturated heterocycles. The minimum absolute atomic E-state index is 0.231. The van der Waals surface area contributed by atoms with Crippen molar-refractivity contribution < 1.29 is 14.7 Å². The minimum atomic E-state index is -1.89.